The van der Waals surface area contributed by atoms with Crippen molar-refractivity contribution in [2.75, 3.05) is 31.2 Å². The number of rotatable bonds is 5. The Balaban J connectivity index is 1.85. The molecule has 5 nitrogen and oxygen atoms in total. The lowest BCUT2D eigenvalue weighted by molar-refractivity contribution is -0.127. The summed E-state index contributed by atoms with van der Waals surface area (Å²) in [5.41, 5.74) is 2.20. The summed E-state index contributed by atoms with van der Waals surface area (Å²) in [6.07, 6.45) is -0.0497. The number of anilines is 1. The van der Waals surface area contributed by atoms with Crippen molar-refractivity contribution in [3.8, 4) is 0 Å². The molecule has 5 heteroatoms. The van der Waals surface area contributed by atoms with Gasteiger partial charge in [0.2, 0.25) is 5.91 Å². The number of hydrogen-bond donors (Lipinski definition) is 1. The quantitative estimate of drug-likeness (QED) is 0.819. The molecule has 1 saturated heterocycles. The van der Waals surface area contributed by atoms with E-state index in [1.807, 2.05) is 12.1 Å². The van der Waals surface area contributed by atoms with Crippen LogP contribution in [0.15, 0.2) is 24.3 Å². The van der Waals surface area contributed by atoms with Crippen molar-refractivity contribution in [3.05, 3.63) is 29.8 Å². The average molecular weight is 276 g/mol. The van der Waals surface area contributed by atoms with Crippen molar-refractivity contribution in [1.29, 1.82) is 0 Å². The lowest BCUT2D eigenvalue weighted by atomic mass is 10.2. The number of morpholine rings is 1. The Hall–Kier alpha value is -1.88. The van der Waals surface area contributed by atoms with Crippen LogP contribution in [-0.2, 0) is 20.9 Å². The first kappa shape index (κ1) is 14.5. The van der Waals surface area contributed by atoms with Crippen molar-refractivity contribution in [3.63, 3.8) is 0 Å². The molecule has 1 heterocycles. The average Bonchev–Trinajstić information content (AvgIpc) is 2.46. The standard InChI is InChI=1S/C15H20N2O3/c1-12(18)10-15(19)16-11-13-2-4-14(5-3-13)17-6-8-20-9-7-17/h2-5H,6-11H2,1H3,(H,16,19). The van der Waals surface area contributed by atoms with E-state index in [9.17, 15) is 9.59 Å². The fraction of sp³-hybridized carbons (Fsp3) is 0.467. The van der Waals surface area contributed by atoms with E-state index in [1.165, 1.54) is 12.6 Å². The summed E-state index contributed by atoms with van der Waals surface area (Å²) in [4.78, 5) is 24.5. The van der Waals surface area contributed by atoms with Crippen LogP contribution in [-0.4, -0.2) is 38.0 Å². The van der Waals surface area contributed by atoms with Crippen molar-refractivity contribution in [2.24, 2.45) is 0 Å². The number of benzene rings is 1. The monoisotopic (exact) mass is 276 g/mol. The van der Waals surface area contributed by atoms with Gasteiger partial charge in [0.25, 0.3) is 0 Å². The molecule has 0 aromatic heterocycles. The lowest BCUT2D eigenvalue weighted by Crippen LogP contribution is -2.36. The highest BCUT2D eigenvalue weighted by atomic mass is 16.5. The topological polar surface area (TPSA) is 58.6 Å². The van der Waals surface area contributed by atoms with E-state index in [-0.39, 0.29) is 18.1 Å². The van der Waals surface area contributed by atoms with Crippen LogP contribution >= 0.6 is 0 Å². The molecule has 108 valence electrons. The molecular weight excluding hydrogens is 256 g/mol. The van der Waals surface area contributed by atoms with E-state index >= 15 is 0 Å². The van der Waals surface area contributed by atoms with Gasteiger partial charge in [0.1, 0.15) is 5.78 Å². The molecule has 1 aliphatic rings. The molecule has 0 spiro atoms. The summed E-state index contributed by atoms with van der Waals surface area (Å²) in [6.45, 7) is 5.22. The van der Waals surface area contributed by atoms with Gasteiger partial charge in [-0.25, -0.2) is 0 Å². The Morgan fingerprint density at radius 1 is 1.20 bits per heavy atom. The molecule has 0 atom stereocenters. The Bertz CT molecular complexity index is 465. The van der Waals surface area contributed by atoms with E-state index in [4.69, 9.17) is 4.74 Å². The molecule has 0 unspecified atom stereocenters. The van der Waals surface area contributed by atoms with E-state index in [0.717, 1.165) is 31.9 Å². The van der Waals surface area contributed by atoms with E-state index in [1.54, 1.807) is 0 Å². The lowest BCUT2D eigenvalue weighted by Gasteiger charge is -2.28. The van der Waals surface area contributed by atoms with Crippen LogP contribution in [0.1, 0.15) is 18.9 Å². The zero-order chi connectivity index (χ0) is 14.4. The van der Waals surface area contributed by atoms with Crippen LogP contribution in [0, 0.1) is 0 Å². The third-order valence-electron chi connectivity index (χ3n) is 3.21. The van der Waals surface area contributed by atoms with Gasteiger partial charge in [-0.2, -0.15) is 0 Å². The van der Waals surface area contributed by atoms with Crippen LogP contribution in [0.25, 0.3) is 0 Å². The minimum Gasteiger partial charge on any atom is -0.378 e. The first-order valence-corrected chi connectivity index (χ1v) is 6.83. The molecule has 1 aliphatic heterocycles. The van der Waals surface area contributed by atoms with Gasteiger partial charge in [-0.1, -0.05) is 12.1 Å². The molecular formula is C15H20N2O3. The number of carbonyl (C=O) groups is 2. The molecule has 1 N–H and O–H groups in total. The van der Waals surface area contributed by atoms with Gasteiger partial charge in [-0.15, -0.1) is 0 Å². The normalized spacial score (nSPS) is 14.9. The van der Waals surface area contributed by atoms with Gasteiger partial charge >= 0.3 is 0 Å². The Morgan fingerprint density at radius 2 is 1.85 bits per heavy atom. The highest BCUT2D eigenvalue weighted by molar-refractivity contribution is 5.96. The summed E-state index contributed by atoms with van der Waals surface area (Å²) >= 11 is 0. The van der Waals surface area contributed by atoms with Gasteiger partial charge in [-0.05, 0) is 24.6 Å². The molecule has 1 aromatic carbocycles. The number of Topliss-reactive ketones (excluding diaryl/α,β-unsaturated/α-hetero) is 1. The number of ether oxygens (including phenoxy) is 1. The second-order valence-electron chi connectivity index (χ2n) is 4.92. The van der Waals surface area contributed by atoms with Crippen molar-refractivity contribution in [2.45, 2.75) is 19.9 Å². The van der Waals surface area contributed by atoms with E-state index < -0.39 is 0 Å². The minimum atomic E-state index is -0.227. The van der Waals surface area contributed by atoms with Crippen LogP contribution in [0.5, 0.6) is 0 Å². The second kappa shape index (κ2) is 7.05. The third kappa shape index (κ3) is 4.35. The van der Waals surface area contributed by atoms with Gasteiger partial charge in [-0.3, -0.25) is 9.59 Å². The van der Waals surface area contributed by atoms with Crippen molar-refractivity contribution < 1.29 is 14.3 Å². The number of hydrogen-bond acceptors (Lipinski definition) is 4. The predicted molar refractivity (Wildman–Crippen MR) is 76.6 cm³/mol. The zero-order valence-electron chi connectivity index (χ0n) is 11.7. The summed E-state index contributed by atoms with van der Waals surface area (Å²) in [5.74, 6) is -0.347. The van der Waals surface area contributed by atoms with Crippen LogP contribution < -0.4 is 10.2 Å². The molecule has 2 rings (SSSR count). The van der Waals surface area contributed by atoms with Crippen molar-refractivity contribution >= 4 is 17.4 Å². The maximum absolute atomic E-state index is 11.4. The van der Waals surface area contributed by atoms with E-state index in [0.29, 0.717) is 6.54 Å². The van der Waals surface area contributed by atoms with Crippen molar-refractivity contribution in [1.82, 2.24) is 5.32 Å². The van der Waals surface area contributed by atoms with Gasteiger partial charge in [0, 0.05) is 25.3 Å². The summed E-state index contributed by atoms with van der Waals surface area (Å²) in [6, 6.07) is 8.10. The minimum absolute atomic E-state index is 0.0497. The Labute approximate surface area is 118 Å². The van der Waals surface area contributed by atoms with Gasteiger partial charge in [0.15, 0.2) is 0 Å². The number of nitrogens with zero attached hydrogens (tertiary/aromatic N) is 1. The Kier molecular flexibility index (Phi) is 5.12. The maximum Gasteiger partial charge on any atom is 0.227 e. The number of nitrogens with one attached hydrogen (secondary N) is 1. The molecule has 20 heavy (non-hydrogen) atoms. The molecule has 1 aromatic rings. The SMILES string of the molecule is CC(=O)CC(=O)NCc1ccc(N2CCOCC2)cc1. The first-order valence-electron chi connectivity index (χ1n) is 6.83. The first-order chi connectivity index (χ1) is 9.65. The molecule has 1 amide bonds. The number of amides is 1. The summed E-state index contributed by atoms with van der Waals surface area (Å²) in [5, 5.41) is 2.74. The fourth-order valence-electron chi connectivity index (χ4n) is 2.14. The molecule has 0 radical (unpaired) electrons. The maximum atomic E-state index is 11.4. The summed E-state index contributed by atoms with van der Waals surface area (Å²) < 4.78 is 5.32. The second-order valence-corrected chi connectivity index (χ2v) is 4.92. The van der Waals surface area contributed by atoms with E-state index in [2.05, 4.69) is 22.3 Å². The van der Waals surface area contributed by atoms with Crippen LogP contribution in [0.3, 0.4) is 0 Å². The number of carbonyl (C=O) groups excluding carboxylic acids is 2. The van der Waals surface area contributed by atoms with Gasteiger partial charge in [0.05, 0.1) is 19.6 Å². The predicted octanol–water partition coefficient (Wildman–Crippen LogP) is 1.12. The smallest absolute Gasteiger partial charge is 0.227 e. The summed E-state index contributed by atoms with van der Waals surface area (Å²) in [7, 11) is 0. The zero-order valence-corrected chi connectivity index (χ0v) is 11.7. The highest BCUT2D eigenvalue weighted by Crippen LogP contribution is 2.16. The molecule has 0 bridgehead atoms. The molecule has 0 saturated carbocycles. The third-order valence-corrected chi connectivity index (χ3v) is 3.21. The highest BCUT2D eigenvalue weighted by Gasteiger charge is 2.11. The largest absolute Gasteiger partial charge is 0.378 e. The van der Waals surface area contributed by atoms with Gasteiger partial charge < -0.3 is 15.0 Å². The Morgan fingerprint density at radius 3 is 2.45 bits per heavy atom. The molecule has 0 aliphatic carbocycles. The molecule has 1 fully saturated rings. The fourth-order valence-corrected chi connectivity index (χ4v) is 2.14. The van der Waals surface area contributed by atoms with Crippen LogP contribution in [0.2, 0.25) is 0 Å². The van der Waals surface area contributed by atoms with Crippen LogP contribution in [0.4, 0.5) is 5.69 Å². The number of ketones is 1.